The molecule has 0 aliphatic carbocycles. The zero-order valence-electron chi connectivity index (χ0n) is 11.6. The van der Waals surface area contributed by atoms with Gasteiger partial charge in [-0.2, -0.15) is 0 Å². The molecule has 1 aromatic carbocycles. The number of ether oxygens (including phenoxy) is 1. The zero-order valence-corrected chi connectivity index (χ0v) is 11.6. The van der Waals surface area contributed by atoms with Gasteiger partial charge in [0.25, 0.3) is 0 Å². The third-order valence-corrected chi connectivity index (χ3v) is 3.92. The highest BCUT2D eigenvalue weighted by Gasteiger charge is 2.12. The Kier molecular flexibility index (Phi) is 5.21. The quantitative estimate of drug-likeness (QED) is 0.863. The molecule has 2 heteroatoms. The van der Waals surface area contributed by atoms with Crippen LogP contribution in [0.1, 0.15) is 43.7 Å². The van der Waals surface area contributed by atoms with E-state index in [2.05, 4.69) is 43.4 Å². The van der Waals surface area contributed by atoms with E-state index in [1.54, 1.807) is 0 Å². The van der Waals surface area contributed by atoms with Crippen LogP contribution in [0, 0.1) is 0 Å². The number of hydrogen-bond donors (Lipinski definition) is 1. The predicted molar refractivity (Wildman–Crippen MR) is 76.1 cm³/mol. The summed E-state index contributed by atoms with van der Waals surface area (Å²) in [6.07, 6.45) is 3.84. The van der Waals surface area contributed by atoms with Gasteiger partial charge < -0.3 is 10.1 Å². The molecule has 2 nitrogen and oxygen atoms in total. The maximum atomic E-state index is 5.72. The molecule has 1 aliphatic heterocycles. The summed E-state index contributed by atoms with van der Waals surface area (Å²) in [5.41, 5.74) is 2.88. The van der Waals surface area contributed by atoms with Gasteiger partial charge in [-0.05, 0) is 36.3 Å². The molecule has 0 saturated carbocycles. The first-order valence-corrected chi connectivity index (χ1v) is 7.20. The number of hydrogen-bond acceptors (Lipinski definition) is 2. The van der Waals surface area contributed by atoms with Gasteiger partial charge in [0.2, 0.25) is 0 Å². The average Bonchev–Trinajstić information content (AvgIpc) is 2.46. The molecule has 2 atom stereocenters. The molecule has 0 aromatic heterocycles. The van der Waals surface area contributed by atoms with E-state index >= 15 is 0 Å². The van der Waals surface area contributed by atoms with Crippen LogP contribution in [-0.2, 0) is 11.2 Å². The third-order valence-electron chi connectivity index (χ3n) is 3.92. The Morgan fingerprint density at radius 2 is 2.11 bits per heavy atom. The van der Waals surface area contributed by atoms with Crippen LogP contribution in [0.5, 0.6) is 0 Å². The number of rotatable bonds is 5. The number of nitrogens with one attached hydrogen (secondary N) is 1. The van der Waals surface area contributed by atoms with E-state index in [1.807, 2.05) is 0 Å². The zero-order chi connectivity index (χ0) is 12.8. The molecule has 1 aliphatic rings. The fourth-order valence-corrected chi connectivity index (χ4v) is 2.38. The van der Waals surface area contributed by atoms with E-state index in [-0.39, 0.29) is 0 Å². The summed E-state index contributed by atoms with van der Waals surface area (Å²) in [5, 5.41) is 3.38. The Morgan fingerprint density at radius 3 is 2.72 bits per heavy atom. The lowest BCUT2D eigenvalue weighted by molar-refractivity contribution is 0.0238. The minimum atomic E-state index is 0.396. The van der Waals surface area contributed by atoms with Crippen molar-refractivity contribution in [3.05, 3.63) is 35.4 Å². The summed E-state index contributed by atoms with van der Waals surface area (Å²) in [4.78, 5) is 0. The summed E-state index contributed by atoms with van der Waals surface area (Å²) < 4.78 is 5.72. The lowest BCUT2D eigenvalue weighted by atomic mass is 9.96. The van der Waals surface area contributed by atoms with Crippen molar-refractivity contribution < 1.29 is 4.74 Å². The average molecular weight is 247 g/mol. The first-order chi connectivity index (χ1) is 8.79. The molecule has 0 amide bonds. The van der Waals surface area contributed by atoms with Crippen LogP contribution in [0.2, 0.25) is 0 Å². The van der Waals surface area contributed by atoms with Crippen molar-refractivity contribution in [3.8, 4) is 0 Å². The minimum Gasteiger partial charge on any atom is -0.376 e. The molecule has 2 rings (SSSR count). The molecule has 2 unspecified atom stereocenters. The van der Waals surface area contributed by atoms with Gasteiger partial charge in [0, 0.05) is 13.1 Å². The minimum absolute atomic E-state index is 0.396. The summed E-state index contributed by atoms with van der Waals surface area (Å²) in [6.45, 7) is 7.39. The van der Waals surface area contributed by atoms with E-state index in [0.29, 0.717) is 12.0 Å². The molecule has 100 valence electrons. The Balaban J connectivity index is 1.82. The Labute approximate surface area is 111 Å². The van der Waals surface area contributed by atoms with Gasteiger partial charge in [-0.3, -0.25) is 0 Å². The highest BCUT2D eigenvalue weighted by Crippen LogP contribution is 2.19. The van der Waals surface area contributed by atoms with Crippen molar-refractivity contribution >= 4 is 0 Å². The van der Waals surface area contributed by atoms with E-state index < -0.39 is 0 Å². The Hall–Kier alpha value is -0.860. The van der Waals surface area contributed by atoms with Crippen LogP contribution >= 0.6 is 0 Å². The highest BCUT2D eigenvalue weighted by atomic mass is 16.5. The van der Waals surface area contributed by atoms with Crippen molar-refractivity contribution in [2.75, 3.05) is 19.7 Å². The summed E-state index contributed by atoms with van der Waals surface area (Å²) in [5.74, 6) is 0.671. The van der Waals surface area contributed by atoms with Crippen molar-refractivity contribution in [3.63, 3.8) is 0 Å². The fraction of sp³-hybridized carbons (Fsp3) is 0.625. The van der Waals surface area contributed by atoms with Gasteiger partial charge in [0.15, 0.2) is 0 Å². The number of aryl methyl sites for hydroxylation is 1. The van der Waals surface area contributed by atoms with Crippen molar-refractivity contribution in [1.29, 1.82) is 0 Å². The lowest BCUT2D eigenvalue weighted by Crippen LogP contribution is -2.38. The van der Waals surface area contributed by atoms with E-state index in [0.717, 1.165) is 32.5 Å². The van der Waals surface area contributed by atoms with E-state index in [4.69, 9.17) is 4.74 Å². The van der Waals surface area contributed by atoms with E-state index in [9.17, 15) is 0 Å². The molecule has 0 bridgehead atoms. The maximum Gasteiger partial charge on any atom is 0.0703 e. The number of morpholine rings is 1. The first-order valence-electron chi connectivity index (χ1n) is 7.20. The predicted octanol–water partition coefficient (Wildman–Crippen LogP) is 3.12. The standard InChI is InChI=1S/C16H25NO/c1-3-13(2)15-7-4-14(5-8-15)6-9-16-12-17-10-11-18-16/h4-5,7-8,13,16-17H,3,6,9-12H2,1-2H3. The summed E-state index contributed by atoms with van der Waals surface area (Å²) >= 11 is 0. The molecule has 1 fully saturated rings. The fourth-order valence-electron chi connectivity index (χ4n) is 2.38. The Morgan fingerprint density at radius 1 is 1.33 bits per heavy atom. The summed E-state index contributed by atoms with van der Waals surface area (Å²) in [6, 6.07) is 9.11. The van der Waals surface area contributed by atoms with Crippen LogP contribution < -0.4 is 5.32 Å². The first kappa shape index (κ1) is 13.6. The molecular formula is C16H25NO. The van der Waals surface area contributed by atoms with Crippen LogP contribution in [0.4, 0.5) is 0 Å². The lowest BCUT2D eigenvalue weighted by Gasteiger charge is -2.23. The van der Waals surface area contributed by atoms with Crippen LogP contribution in [-0.4, -0.2) is 25.8 Å². The largest absolute Gasteiger partial charge is 0.376 e. The number of benzene rings is 1. The molecular weight excluding hydrogens is 222 g/mol. The van der Waals surface area contributed by atoms with Crippen LogP contribution in [0.3, 0.4) is 0 Å². The molecule has 1 heterocycles. The van der Waals surface area contributed by atoms with Crippen molar-refractivity contribution in [2.45, 2.75) is 45.1 Å². The van der Waals surface area contributed by atoms with Crippen LogP contribution in [0.25, 0.3) is 0 Å². The Bertz CT molecular complexity index is 341. The monoisotopic (exact) mass is 247 g/mol. The molecule has 0 spiro atoms. The third kappa shape index (κ3) is 3.82. The van der Waals surface area contributed by atoms with Gasteiger partial charge in [-0.25, -0.2) is 0 Å². The van der Waals surface area contributed by atoms with Crippen molar-refractivity contribution in [1.82, 2.24) is 5.32 Å². The second-order valence-electron chi connectivity index (χ2n) is 5.29. The normalized spacial score (nSPS) is 21.8. The van der Waals surface area contributed by atoms with Gasteiger partial charge in [0.05, 0.1) is 12.7 Å². The van der Waals surface area contributed by atoms with Gasteiger partial charge in [-0.1, -0.05) is 38.1 Å². The van der Waals surface area contributed by atoms with E-state index in [1.165, 1.54) is 17.5 Å². The molecule has 0 radical (unpaired) electrons. The van der Waals surface area contributed by atoms with Crippen molar-refractivity contribution in [2.24, 2.45) is 0 Å². The molecule has 1 saturated heterocycles. The second-order valence-corrected chi connectivity index (χ2v) is 5.29. The molecule has 1 N–H and O–H groups in total. The second kappa shape index (κ2) is 6.91. The van der Waals surface area contributed by atoms with Gasteiger partial charge in [0.1, 0.15) is 0 Å². The molecule has 18 heavy (non-hydrogen) atoms. The smallest absolute Gasteiger partial charge is 0.0703 e. The van der Waals surface area contributed by atoms with Crippen LogP contribution in [0.15, 0.2) is 24.3 Å². The summed E-state index contributed by atoms with van der Waals surface area (Å²) in [7, 11) is 0. The van der Waals surface area contributed by atoms with Gasteiger partial charge in [-0.15, -0.1) is 0 Å². The molecule has 1 aromatic rings. The SMILES string of the molecule is CCC(C)c1ccc(CCC2CNCCO2)cc1. The van der Waals surface area contributed by atoms with Gasteiger partial charge >= 0.3 is 0 Å². The maximum absolute atomic E-state index is 5.72. The topological polar surface area (TPSA) is 21.3 Å². The highest BCUT2D eigenvalue weighted by molar-refractivity contribution is 5.25.